The Balaban J connectivity index is 3.15. The second-order valence-corrected chi connectivity index (χ2v) is 2.61. The smallest absolute Gasteiger partial charge is 0.254 e. The van der Waals surface area contributed by atoms with E-state index in [0.29, 0.717) is 5.56 Å². The van der Waals surface area contributed by atoms with E-state index in [0.717, 1.165) is 11.4 Å². The average Bonchev–Trinajstić information content (AvgIpc) is 2.10. The molecule has 0 amide bonds. The molecule has 0 spiro atoms. The van der Waals surface area contributed by atoms with Crippen molar-refractivity contribution >= 4 is 16.8 Å². The van der Waals surface area contributed by atoms with Crippen LogP contribution >= 0.6 is 11.6 Å². The van der Waals surface area contributed by atoms with Crippen molar-refractivity contribution < 1.29 is 4.79 Å². The lowest BCUT2D eigenvalue weighted by Gasteiger charge is -1.86. The highest BCUT2D eigenvalue weighted by atomic mass is 35.5. The highest BCUT2D eigenvalue weighted by molar-refractivity contribution is 6.67. The van der Waals surface area contributed by atoms with Crippen LogP contribution < -0.4 is 0 Å². The quantitative estimate of drug-likeness (QED) is 0.622. The molecule has 2 nitrogen and oxygen atoms in total. The van der Waals surface area contributed by atoms with Gasteiger partial charge < -0.3 is 4.98 Å². The summed E-state index contributed by atoms with van der Waals surface area (Å²) in [5.74, 6) is 0. The number of aromatic amines is 1. The number of halogens is 1. The van der Waals surface area contributed by atoms with E-state index >= 15 is 0 Å². The minimum absolute atomic E-state index is 0.401. The molecule has 0 fully saturated rings. The number of nitrogens with one attached hydrogen (secondary N) is 1. The Hall–Kier alpha value is -0.760. The van der Waals surface area contributed by atoms with Gasteiger partial charge in [-0.1, -0.05) is 0 Å². The van der Waals surface area contributed by atoms with Crippen LogP contribution in [0.25, 0.3) is 0 Å². The maximum absolute atomic E-state index is 10.6. The third-order valence-corrected chi connectivity index (χ3v) is 1.56. The molecular weight excluding hydrogens is 150 g/mol. The summed E-state index contributed by atoms with van der Waals surface area (Å²) in [5, 5.41) is -0.401. The van der Waals surface area contributed by atoms with Crippen molar-refractivity contribution in [1.29, 1.82) is 0 Å². The molecule has 1 N–H and O–H groups in total. The SMILES string of the molecule is Cc1cc(C(=O)Cl)c(C)[nH]1. The van der Waals surface area contributed by atoms with Gasteiger partial charge in [-0.25, -0.2) is 0 Å². The highest BCUT2D eigenvalue weighted by Gasteiger charge is 2.06. The Labute approximate surface area is 64.2 Å². The Morgan fingerprint density at radius 1 is 1.60 bits per heavy atom. The first-order chi connectivity index (χ1) is 4.61. The summed E-state index contributed by atoms with van der Waals surface area (Å²) in [6.07, 6.45) is 0. The zero-order valence-corrected chi connectivity index (χ0v) is 6.62. The van der Waals surface area contributed by atoms with Crippen LogP contribution in [-0.2, 0) is 0 Å². The minimum Gasteiger partial charge on any atom is -0.362 e. The molecule has 3 heteroatoms. The van der Waals surface area contributed by atoms with Crippen LogP contribution in [-0.4, -0.2) is 10.2 Å². The van der Waals surface area contributed by atoms with E-state index in [1.54, 1.807) is 6.07 Å². The predicted octanol–water partition coefficient (Wildman–Crippen LogP) is 2.01. The van der Waals surface area contributed by atoms with E-state index in [1.807, 2.05) is 13.8 Å². The van der Waals surface area contributed by atoms with Crippen molar-refractivity contribution in [2.24, 2.45) is 0 Å². The number of carbonyl (C=O) groups excluding carboxylic acids is 1. The van der Waals surface area contributed by atoms with Gasteiger partial charge in [-0.2, -0.15) is 0 Å². The first kappa shape index (κ1) is 7.35. The molecule has 0 aliphatic carbocycles. The van der Waals surface area contributed by atoms with Crippen LogP contribution in [0.2, 0.25) is 0 Å². The Kier molecular flexibility index (Phi) is 1.81. The normalized spacial score (nSPS) is 9.90. The van der Waals surface area contributed by atoms with Gasteiger partial charge in [-0.3, -0.25) is 4.79 Å². The van der Waals surface area contributed by atoms with Crippen LogP contribution in [0.15, 0.2) is 6.07 Å². The zero-order valence-electron chi connectivity index (χ0n) is 5.86. The molecule has 54 valence electrons. The number of hydrogen-bond donors (Lipinski definition) is 1. The topological polar surface area (TPSA) is 32.9 Å². The average molecular weight is 158 g/mol. The van der Waals surface area contributed by atoms with Crippen LogP contribution in [0.1, 0.15) is 21.7 Å². The Morgan fingerprint density at radius 3 is 2.40 bits per heavy atom. The summed E-state index contributed by atoms with van der Waals surface area (Å²) in [5.41, 5.74) is 2.36. The molecule has 1 rings (SSSR count). The first-order valence-corrected chi connectivity index (χ1v) is 3.35. The second kappa shape index (κ2) is 2.46. The van der Waals surface area contributed by atoms with Crippen molar-refractivity contribution in [1.82, 2.24) is 4.98 Å². The fourth-order valence-corrected chi connectivity index (χ4v) is 1.12. The third kappa shape index (κ3) is 1.21. The van der Waals surface area contributed by atoms with E-state index in [1.165, 1.54) is 0 Å². The molecule has 0 aliphatic rings. The monoisotopic (exact) mass is 157 g/mol. The molecule has 0 atom stereocenters. The van der Waals surface area contributed by atoms with Crippen molar-refractivity contribution in [2.75, 3.05) is 0 Å². The summed E-state index contributed by atoms with van der Waals surface area (Å²) in [7, 11) is 0. The molecule has 0 unspecified atom stereocenters. The van der Waals surface area contributed by atoms with Crippen LogP contribution in [0.5, 0.6) is 0 Å². The number of rotatable bonds is 1. The Bertz CT molecular complexity index is 265. The summed E-state index contributed by atoms with van der Waals surface area (Å²) in [6.45, 7) is 3.71. The van der Waals surface area contributed by atoms with Crippen molar-refractivity contribution in [3.05, 3.63) is 23.0 Å². The predicted molar refractivity (Wildman–Crippen MR) is 40.5 cm³/mol. The molecular formula is C7H8ClNO. The molecule has 1 aromatic heterocycles. The molecule has 10 heavy (non-hydrogen) atoms. The summed E-state index contributed by atoms with van der Waals surface area (Å²) in [6, 6.07) is 1.74. The number of H-pyrrole nitrogens is 1. The molecule has 0 saturated heterocycles. The lowest BCUT2D eigenvalue weighted by Crippen LogP contribution is -1.87. The van der Waals surface area contributed by atoms with Gasteiger partial charge in [0.1, 0.15) is 0 Å². The fraction of sp³-hybridized carbons (Fsp3) is 0.286. The van der Waals surface area contributed by atoms with Crippen molar-refractivity contribution in [3.63, 3.8) is 0 Å². The van der Waals surface area contributed by atoms with Crippen LogP contribution in [0, 0.1) is 13.8 Å². The van der Waals surface area contributed by atoms with E-state index in [-0.39, 0.29) is 0 Å². The molecule has 1 aromatic rings. The summed E-state index contributed by atoms with van der Waals surface area (Å²) < 4.78 is 0. The minimum atomic E-state index is -0.401. The first-order valence-electron chi connectivity index (χ1n) is 2.97. The summed E-state index contributed by atoms with van der Waals surface area (Å²) in [4.78, 5) is 13.6. The second-order valence-electron chi connectivity index (χ2n) is 2.26. The van der Waals surface area contributed by atoms with Gasteiger partial charge in [-0.05, 0) is 31.5 Å². The lowest BCUT2D eigenvalue weighted by atomic mass is 10.3. The van der Waals surface area contributed by atoms with E-state index in [4.69, 9.17) is 11.6 Å². The molecule has 0 bridgehead atoms. The third-order valence-electron chi connectivity index (χ3n) is 1.36. The number of aromatic nitrogens is 1. The van der Waals surface area contributed by atoms with E-state index < -0.39 is 5.24 Å². The number of aryl methyl sites for hydroxylation is 2. The van der Waals surface area contributed by atoms with Gasteiger partial charge in [0.05, 0.1) is 5.56 Å². The Morgan fingerprint density at radius 2 is 2.20 bits per heavy atom. The van der Waals surface area contributed by atoms with Gasteiger partial charge in [-0.15, -0.1) is 0 Å². The number of hydrogen-bond acceptors (Lipinski definition) is 1. The van der Waals surface area contributed by atoms with Gasteiger partial charge in [0, 0.05) is 11.4 Å². The van der Waals surface area contributed by atoms with Gasteiger partial charge in [0.15, 0.2) is 0 Å². The maximum atomic E-state index is 10.6. The van der Waals surface area contributed by atoms with Crippen LogP contribution in [0.3, 0.4) is 0 Å². The molecule has 0 aromatic carbocycles. The zero-order chi connectivity index (χ0) is 7.72. The summed E-state index contributed by atoms with van der Waals surface area (Å²) >= 11 is 5.26. The lowest BCUT2D eigenvalue weighted by molar-refractivity contribution is 0.108. The maximum Gasteiger partial charge on any atom is 0.254 e. The van der Waals surface area contributed by atoms with Gasteiger partial charge >= 0.3 is 0 Å². The molecule has 0 saturated carbocycles. The highest BCUT2D eigenvalue weighted by Crippen LogP contribution is 2.11. The van der Waals surface area contributed by atoms with E-state index in [9.17, 15) is 4.79 Å². The standard InChI is InChI=1S/C7H8ClNO/c1-4-3-6(7(8)10)5(2)9-4/h3,9H,1-2H3. The van der Waals surface area contributed by atoms with Crippen molar-refractivity contribution in [3.8, 4) is 0 Å². The largest absolute Gasteiger partial charge is 0.362 e. The number of carbonyl (C=O) groups is 1. The van der Waals surface area contributed by atoms with Crippen LogP contribution in [0.4, 0.5) is 0 Å². The molecule has 0 radical (unpaired) electrons. The van der Waals surface area contributed by atoms with Gasteiger partial charge in [0.2, 0.25) is 0 Å². The van der Waals surface area contributed by atoms with E-state index in [2.05, 4.69) is 4.98 Å². The molecule has 1 heterocycles. The van der Waals surface area contributed by atoms with Crippen molar-refractivity contribution in [2.45, 2.75) is 13.8 Å². The molecule has 0 aliphatic heterocycles. The fourth-order valence-electron chi connectivity index (χ4n) is 0.928. The van der Waals surface area contributed by atoms with Gasteiger partial charge in [0.25, 0.3) is 5.24 Å².